The number of rotatable bonds is 5. The van der Waals surface area contributed by atoms with Crippen molar-refractivity contribution in [2.24, 2.45) is 0 Å². The molecule has 0 bridgehead atoms. The van der Waals surface area contributed by atoms with Crippen molar-refractivity contribution in [1.29, 1.82) is 5.26 Å². The van der Waals surface area contributed by atoms with Crippen LogP contribution in [0.2, 0.25) is 0 Å². The highest BCUT2D eigenvalue weighted by Crippen LogP contribution is 2.17. The third kappa shape index (κ3) is 4.82. The molecule has 2 aromatic carbocycles. The van der Waals surface area contributed by atoms with E-state index < -0.39 is 0 Å². The van der Waals surface area contributed by atoms with Gasteiger partial charge < -0.3 is 15.0 Å². The Morgan fingerprint density at radius 1 is 1.08 bits per heavy atom. The maximum Gasteiger partial charge on any atom is 0.224 e. The summed E-state index contributed by atoms with van der Waals surface area (Å²) in [4.78, 5) is 14.4. The largest absolute Gasteiger partial charge is 0.378 e. The van der Waals surface area contributed by atoms with Gasteiger partial charge in [-0.25, -0.2) is 0 Å². The van der Waals surface area contributed by atoms with Crippen molar-refractivity contribution in [1.82, 2.24) is 0 Å². The molecule has 5 nitrogen and oxygen atoms in total. The van der Waals surface area contributed by atoms with Crippen molar-refractivity contribution >= 4 is 17.3 Å². The first kappa shape index (κ1) is 17.0. The van der Waals surface area contributed by atoms with E-state index in [1.165, 1.54) is 5.69 Å². The Balaban J connectivity index is 1.48. The maximum atomic E-state index is 12.1. The van der Waals surface area contributed by atoms with Gasteiger partial charge in [-0.05, 0) is 48.4 Å². The molecule has 0 radical (unpaired) electrons. The molecule has 0 unspecified atom stereocenters. The van der Waals surface area contributed by atoms with Gasteiger partial charge in [-0.2, -0.15) is 5.26 Å². The summed E-state index contributed by atoms with van der Waals surface area (Å²) in [6.45, 7) is 3.40. The van der Waals surface area contributed by atoms with Crippen molar-refractivity contribution in [3.63, 3.8) is 0 Å². The van der Waals surface area contributed by atoms with E-state index in [-0.39, 0.29) is 5.91 Å². The van der Waals surface area contributed by atoms with E-state index >= 15 is 0 Å². The smallest absolute Gasteiger partial charge is 0.224 e. The number of benzene rings is 2. The van der Waals surface area contributed by atoms with Crippen LogP contribution < -0.4 is 10.2 Å². The van der Waals surface area contributed by atoms with Crippen LogP contribution in [0.1, 0.15) is 17.5 Å². The summed E-state index contributed by atoms with van der Waals surface area (Å²) in [6.07, 6.45) is 1.13. The SMILES string of the molecule is N#Cc1ccc(NC(=O)CCc2ccc(N3CCOCC3)cc2)cc1. The monoisotopic (exact) mass is 335 g/mol. The van der Waals surface area contributed by atoms with Crippen LogP contribution in [0.5, 0.6) is 0 Å². The van der Waals surface area contributed by atoms with Crippen molar-refractivity contribution in [3.05, 3.63) is 59.7 Å². The fraction of sp³-hybridized carbons (Fsp3) is 0.300. The lowest BCUT2D eigenvalue weighted by Gasteiger charge is -2.28. The third-order valence-corrected chi connectivity index (χ3v) is 4.25. The van der Waals surface area contributed by atoms with Gasteiger partial charge in [-0.1, -0.05) is 12.1 Å². The van der Waals surface area contributed by atoms with E-state index in [1.54, 1.807) is 24.3 Å². The molecular weight excluding hydrogens is 314 g/mol. The Bertz CT molecular complexity index is 742. The van der Waals surface area contributed by atoms with Crippen LogP contribution in [-0.2, 0) is 16.0 Å². The molecule has 0 aliphatic carbocycles. The zero-order valence-corrected chi connectivity index (χ0v) is 14.1. The topological polar surface area (TPSA) is 65.4 Å². The second-order valence-electron chi connectivity index (χ2n) is 6.00. The number of amides is 1. The van der Waals surface area contributed by atoms with Crippen molar-refractivity contribution in [3.8, 4) is 6.07 Å². The highest BCUT2D eigenvalue weighted by Gasteiger charge is 2.11. The van der Waals surface area contributed by atoms with Gasteiger partial charge in [0.25, 0.3) is 0 Å². The zero-order valence-electron chi connectivity index (χ0n) is 14.1. The molecule has 1 saturated heterocycles. The van der Waals surface area contributed by atoms with Crippen molar-refractivity contribution < 1.29 is 9.53 Å². The van der Waals surface area contributed by atoms with Gasteiger partial charge in [0.15, 0.2) is 0 Å². The van der Waals surface area contributed by atoms with Gasteiger partial charge >= 0.3 is 0 Å². The fourth-order valence-corrected chi connectivity index (χ4v) is 2.80. The molecule has 1 fully saturated rings. The Morgan fingerprint density at radius 2 is 1.76 bits per heavy atom. The number of anilines is 2. The number of carbonyl (C=O) groups is 1. The molecule has 3 rings (SSSR count). The number of morpholine rings is 1. The quantitative estimate of drug-likeness (QED) is 0.912. The van der Waals surface area contributed by atoms with E-state index in [2.05, 4.69) is 40.6 Å². The second kappa shape index (κ2) is 8.32. The number of nitrogens with one attached hydrogen (secondary N) is 1. The third-order valence-electron chi connectivity index (χ3n) is 4.25. The molecule has 0 atom stereocenters. The molecule has 1 amide bonds. The van der Waals surface area contributed by atoms with Gasteiger partial charge in [0.2, 0.25) is 5.91 Å². The minimum Gasteiger partial charge on any atom is -0.378 e. The summed E-state index contributed by atoms with van der Waals surface area (Å²) in [5.74, 6) is -0.0260. The summed E-state index contributed by atoms with van der Waals surface area (Å²) in [5.41, 5.74) is 3.64. The van der Waals surface area contributed by atoms with Crippen LogP contribution in [0.3, 0.4) is 0 Å². The molecule has 5 heteroatoms. The number of carbonyl (C=O) groups excluding carboxylic acids is 1. The molecule has 25 heavy (non-hydrogen) atoms. The van der Waals surface area contributed by atoms with E-state index in [0.717, 1.165) is 31.9 Å². The average Bonchev–Trinajstić information content (AvgIpc) is 2.68. The van der Waals surface area contributed by atoms with Gasteiger partial charge in [0.1, 0.15) is 0 Å². The van der Waals surface area contributed by atoms with Gasteiger partial charge in [0.05, 0.1) is 24.8 Å². The fourth-order valence-electron chi connectivity index (χ4n) is 2.80. The molecule has 1 aliphatic rings. The first-order valence-electron chi connectivity index (χ1n) is 8.46. The summed E-state index contributed by atoms with van der Waals surface area (Å²) in [6, 6.07) is 17.3. The number of nitriles is 1. The second-order valence-corrected chi connectivity index (χ2v) is 6.00. The summed E-state index contributed by atoms with van der Waals surface area (Å²) >= 11 is 0. The molecular formula is C20H21N3O2. The number of nitrogens with zero attached hydrogens (tertiary/aromatic N) is 2. The maximum absolute atomic E-state index is 12.1. The first-order valence-corrected chi connectivity index (χ1v) is 8.46. The molecule has 0 saturated carbocycles. The van der Waals surface area contributed by atoms with Crippen LogP contribution in [0, 0.1) is 11.3 Å². The zero-order chi connectivity index (χ0) is 17.5. The summed E-state index contributed by atoms with van der Waals surface area (Å²) < 4.78 is 5.37. The highest BCUT2D eigenvalue weighted by molar-refractivity contribution is 5.90. The van der Waals surface area contributed by atoms with Crippen molar-refractivity contribution in [2.75, 3.05) is 36.5 Å². The van der Waals surface area contributed by atoms with E-state index in [9.17, 15) is 4.79 Å². The lowest BCUT2D eigenvalue weighted by atomic mass is 10.1. The number of hydrogen-bond donors (Lipinski definition) is 1. The van der Waals surface area contributed by atoms with Gasteiger partial charge in [0, 0.05) is 30.9 Å². The molecule has 1 aliphatic heterocycles. The normalized spacial score (nSPS) is 14.0. The van der Waals surface area contributed by atoms with E-state index in [0.29, 0.717) is 24.1 Å². The number of aryl methyl sites for hydroxylation is 1. The lowest BCUT2D eigenvalue weighted by molar-refractivity contribution is -0.116. The summed E-state index contributed by atoms with van der Waals surface area (Å²) in [7, 11) is 0. The Morgan fingerprint density at radius 3 is 2.40 bits per heavy atom. The molecule has 128 valence electrons. The predicted molar refractivity (Wildman–Crippen MR) is 97.6 cm³/mol. The van der Waals surface area contributed by atoms with Crippen LogP contribution >= 0.6 is 0 Å². The Kier molecular flexibility index (Phi) is 5.65. The molecule has 2 aromatic rings. The standard InChI is InChI=1S/C20H21N3O2/c21-15-17-1-6-18(7-2-17)22-20(24)10-5-16-3-8-19(9-4-16)23-11-13-25-14-12-23/h1-4,6-9H,5,10-14H2,(H,22,24). The van der Waals surface area contributed by atoms with Gasteiger partial charge in [-0.15, -0.1) is 0 Å². The van der Waals surface area contributed by atoms with E-state index in [1.807, 2.05) is 0 Å². The first-order chi connectivity index (χ1) is 12.2. The minimum atomic E-state index is -0.0260. The minimum absolute atomic E-state index is 0.0260. The molecule has 1 N–H and O–H groups in total. The van der Waals surface area contributed by atoms with Crippen LogP contribution in [0.25, 0.3) is 0 Å². The summed E-state index contributed by atoms with van der Waals surface area (Å²) in [5, 5.41) is 11.6. The van der Waals surface area contributed by atoms with Crippen LogP contribution in [0.4, 0.5) is 11.4 Å². The number of ether oxygens (including phenoxy) is 1. The molecule has 0 aromatic heterocycles. The van der Waals surface area contributed by atoms with Crippen molar-refractivity contribution in [2.45, 2.75) is 12.8 Å². The molecule has 0 spiro atoms. The average molecular weight is 335 g/mol. The van der Waals surface area contributed by atoms with Crippen LogP contribution in [0.15, 0.2) is 48.5 Å². The Labute approximate surface area is 147 Å². The highest BCUT2D eigenvalue weighted by atomic mass is 16.5. The van der Waals surface area contributed by atoms with E-state index in [4.69, 9.17) is 10.00 Å². The predicted octanol–water partition coefficient (Wildman–Crippen LogP) is 2.97. The Hall–Kier alpha value is -2.84. The lowest BCUT2D eigenvalue weighted by Crippen LogP contribution is -2.36. The van der Waals surface area contributed by atoms with Gasteiger partial charge in [-0.3, -0.25) is 4.79 Å². The molecule has 1 heterocycles. The number of hydrogen-bond acceptors (Lipinski definition) is 4. The van der Waals surface area contributed by atoms with Crippen LogP contribution in [-0.4, -0.2) is 32.2 Å².